The summed E-state index contributed by atoms with van der Waals surface area (Å²) >= 11 is 0. The Morgan fingerprint density at radius 2 is 1.90 bits per heavy atom. The van der Waals surface area contributed by atoms with E-state index in [1.54, 1.807) is 31.2 Å². The predicted octanol–water partition coefficient (Wildman–Crippen LogP) is 1.47. The van der Waals surface area contributed by atoms with Gasteiger partial charge in [-0.3, -0.25) is 0 Å². The van der Waals surface area contributed by atoms with Crippen LogP contribution in [0.1, 0.15) is 19.8 Å². The first kappa shape index (κ1) is 15.3. The van der Waals surface area contributed by atoms with Gasteiger partial charge in [0.05, 0.1) is 21.7 Å². The molecule has 0 amide bonds. The molecule has 7 heteroatoms. The molecule has 0 bridgehead atoms. The molecule has 1 fully saturated rings. The topological polar surface area (TPSA) is 80.3 Å². The van der Waals surface area contributed by atoms with Crippen molar-refractivity contribution in [3.05, 3.63) is 24.3 Å². The molecule has 5 nitrogen and oxygen atoms in total. The first-order valence-electron chi connectivity index (χ1n) is 6.63. The van der Waals surface area contributed by atoms with Crippen LogP contribution in [0.5, 0.6) is 0 Å². The minimum atomic E-state index is -3.19. The Hall–Kier alpha value is -1.08. The first-order chi connectivity index (χ1) is 9.35. The lowest BCUT2D eigenvalue weighted by molar-refractivity contribution is 0.591. The van der Waals surface area contributed by atoms with Crippen molar-refractivity contribution in [2.75, 3.05) is 23.4 Å². The van der Waals surface area contributed by atoms with E-state index in [1.807, 2.05) is 0 Å². The summed E-state index contributed by atoms with van der Waals surface area (Å²) in [6.07, 6.45) is 1.42. The van der Waals surface area contributed by atoms with E-state index in [-0.39, 0.29) is 16.8 Å². The fraction of sp³-hybridized carbons (Fsp3) is 0.538. The molecule has 1 saturated heterocycles. The minimum Gasteiger partial charge on any atom is -0.384 e. The van der Waals surface area contributed by atoms with Gasteiger partial charge in [-0.25, -0.2) is 16.8 Å². The number of sulfone groups is 2. The third-order valence-corrected chi connectivity index (χ3v) is 7.62. The highest BCUT2D eigenvalue weighted by molar-refractivity contribution is 7.92. The fourth-order valence-electron chi connectivity index (χ4n) is 2.27. The van der Waals surface area contributed by atoms with Gasteiger partial charge in [0.15, 0.2) is 19.7 Å². The molecule has 0 saturated carbocycles. The largest absolute Gasteiger partial charge is 0.384 e. The van der Waals surface area contributed by atoms with Crippen LogP contribution in [0, 0.1) is 0 Å². The van der Waals surface area contributed by atoms with Gasteiger partial charge in [0.1, 0.15) is 0 Å². The van der Waals surface area contributed by atoms with Crippen molar-refractivity contribution in [3.8, 4) is 0 Å². The summed E-state index contributed by atoms with van der Waals surface area (Å²) in [6.45, 7) is 1.98. The second kappa shape index (κ2) is 5.73. The highest BCUT2D eigenvalue weighted by Gasteiger charge is 2.30. The van der Waals surface area contributed by atoms with Crippen LogP contribution in [0.4, 0.5) is 5.69 Å². The van der Waals surface area contributed by atoms with Crippen LogP contribution in [0.25, 0.3) is 0 Å². The zero-order valence-corrected chi connectivity index (χ0v) is 13.0. The van der Waals surface area contributed by atoms with E-state index in [0.717, 1.165) is 12.1 Å². The van der Waals surface area contributed by atoms with Crippen LogP contribution in [0.2, 0.25) is 0 Å². The lowest BCUT2D eigenvalue weighted by Crippen LogP contribution is -2.25. The van der Waals surface area contributed by atoms with Crippen LogP contribution in [0.3, 0.4) is 0 Å². The maximum atomic E-state index is 11.7. The molecule has 2 rings (SSSR count). The monoisotopic (exact) mass is 317 g/mol. The summed E-state index contributed by atoms with van der Waals surface area (Å²) in [5, 5.41) is 2.73. The number of benzene rings is 1. The Kier molecular flexibility index (Phi) is 4.39. The Morgan fingerprint density at radius 3 is 2.40 bits per heavy atom. The third-order valence-electron chi connectivity index (χ3n) is 3.59. The second-order valence-electron chi connectivity index (χ2n) is 4.94. The maximum Gasteiger partial charge on any atom is 0.178 e. The minimum absolute atomic E-state index is 0.0695. The van der Waals surface area contributed by atoms with Crippen molar-refractivity contribution in [2.45, 2.75) is 29.9 Å². The molecule has 1 N–H and O–H groups in total. The maximum absolute atomic E-state index is 11.7. The smallest absolute Gasteiger partial charge is 0.178 e. The van der Waals surface area contributed by atoms with Gasteiger partial charge in [-0.05, 0) is 37.1 Å². The lowest BCUT2D eigenvalue weighted by atomic mass is 10.2. The SMILES string of the molecule is CCS(=O)(=O)c1ccc(NCC2CCCS2(=O)=O)cc1. The van der Waals surface area contributed by atoms with E-state index in [9.17, 15) is 16.8 Å². The Balaban J connectivity index is 2.02. The van der Waals surface area contributed by atoms with Crippen LogP contribution >= 0.6 is 0 Å². The van der Waals surface area contributed by atoms with E-state index in [1.165, 1.54) is 0 Å². The molecule has 1 aliphatic rings. The van der Waals surface area contributed by atoms with Crippen molar-refractivity contribution in [3.63, 3.8) is 0 Å². The van der Waals surface area contributed by atoms with Crippen molar-refractivity contribution < 1.29 is 16.8 Å². The van der Waals surface area contributed by atoms with E-state index >= 15 is 0 Å². The average molecular weight is 317 g/mol. The summed E-state index contributed by atoms with van der Waals surface area (Å²) in [7, 11) is -6.14. The number of rotatable bonds is 5. The van der Waals surface area contributed by atoms with Crippen molar-refractivity contribution in [1.82, 2.24) is 0 Å². The van der Waals surface area contributed by atoms with Crippen molar-refractivity contribution in [1.29, 1.82) is 0 Å². The molecule has 112 valence electrons. The number of nitrogens with one attached hydrogen (secondary N) is 1. The van der Waals surface area contributed by atoms with Gasteiger partial charge >= 0.3 is 0 Å². The average Bonchev–Trinajstić information content (AvgIpc) is 2.76. The summed E-state index contributed by atoms with van der Waals surface area (Å²) in [5.74, 6) is 0.340. The Morgan fingerprint density at radius 1 is 1.25 bits per heavy atom. The molecule has 1 aromatic rings. The van der Waals surface area contributed by atoms with Gasteiger partial charge in [0.2, 0.25) is 0 Å². The van der Waals surface area contributed by atoms with Gasteiger partial charge < -0.3 is 5.32 Å². The van der Waals surface area contributed by atoms with E-state index in [4.69, 9.17) is 0 Å². The van der Waals surface area contributed by atoms with Crippen LogP contribution in [0.15, 0.2) is 29.2 Å². The summed E-state index contributed by atoms with van der Waals surface area (Å²) in [5.41, 5.74) is 0.738. The van der Waals surface area contributed by atoms with E-state index < -0.39 is 19.7 Å². The highest BCUT2D eigenvalue weighted by atomic mass is 32.2. The molecule has 0 aromatic heterocycles. The highest BCUT2D eigenvalue weighted by Crippen LogP contribution is 2.21. The molecule has 1 atom stereocenters. The van der Waals surface area contributed by atoms with Gasteiger partial charge in [-0.1, -0.05) is 6.92 Å². The fourth-order valence-corrected chi connectivity index (χ4v) is 4.92. The standard InChI is InChI=1S/C13H19NO4S2/c1-2-19(15,16)12-7-5-11(6-8-12)14-10-13-4-3-9-20(13,17)18/h5-8,13-14H,2-4,9-10H2,1H3. The zero-order chi connectivity index (χ0) is 14.8. The molecule has 0 aliphatic carbocycles. The number of anilines is 1. The molecule has 1 unspecified atom stereocenters. The lowest BCUT2D eigenvalue weighted by Gasteiger charge is -2.12. The molecule has 0 spiro atoms. The van der Waals surface area contributed by atoms with Crippen LogP contribution in [-0.4, -0.2) is 40.1 Å². The Labute approximate surface area is 120 Å². The molecule has 1 heterocycles. The Bertz CT molecular complexity index is 663. The number of hydrogen-bond donors (Lipinski definition) is 1. The predicted molar refractivity (Wildman–Crippen MR) is 79.5 cm³/mol. The van der Waals surface area contributed by atoms with Crippen molar-refractivity contribution >= 4 is 25.4 Å². The molecule has 20 heavy (non-hydrogen) atoms. The van der Waals surface area contributed by atoms with Gasteiger partial charge in [-0.15, -0.1) is 0 Å². The second-order valence-corrected chi connectivity index (χ2v) is 9.62. The van der Waals surface area contributed by atoms with Gasteiger partial charge in [0, 0.05) is 12.2 Å². The van der Waals surface area contributed by atoms with Crippen LogP contribution in [-0.2, 0) is 19.7 Å². The molecule has 1 aromatic carbocycles. The quantitative estimate of drug-likeness (QED) is 0.889. The summed E-state index contributed by atoms with van der Waals surface area (Å²) < 4.78 is 46.7. The summed E-state index contributed by atoms with van der Waals surface area (Å²) in [6, 6.07) is 6.43. The van der Waals surface area contributed by atoms with E-state index in [0.29, 0.717) is 17.9 Å². The van der Waals surface area contributed by atoms with Crippen molar-refractivity contribution in [2.24, 2.45) is 0 Å². The van der Waals surface area contributed by atoms with Gasteiger partial charge in [-0.2, -0.15) is 0 Å². The van der Waals surface area contributed by atoms with E-state index in [2.05, 4.69) is 5.32 Å². The normalized spacial score (nSPS) is 21.8. The first-order valence-corrected chi connectivity index (χ1v) is 10.0. The third kappa shape index (κ3) is 3.32. The molecular formula is C13H19NO4S2. The van der Waals surface area contributed by atoms with Gasteiger partial charge in [0.25, 0.3) is 0 Å². The zero-order valence-electron chi connectivity index (χ0n) is 11.4. The molecule has 0 radical (unpaired) electrons. The molecule has 1 aliphatic heterocycles. The summed E-state index contributed by atoms with van der Waals surface area (Å²) in [4.78, 5) is 0.291. The van der Waals surface area contributed by atoms with Crippen LogP contribution < -0.4 is 5.32 Å². The number of hydrogen-bond acceptors (Lipinski definition) is 5. The molecular weight excluding hydrogens is 298 g/mol.